The molecule has 0 saturated heterocycles. The largest absolute Gasteiger partial charge is 0.361 e. The Balaban J connectivity index is 2.29. The molecule has 1 atom stereocenters. The Kier molecular flexibility index (Phi) is 1.67. The lowest BCUT2D eigenvalue weighted by atomic mass is 9.97. The molecule has 13 heavy (non-hydrogen) atoms. The lowest BCUT2D eigenvalue weighted by molar-refractivity contribution is 0.0360. The monoisotopic (exact) mass is 175 g/mol. The van der Waals surface area contributed by atoms with Crippen molar-refractivity contribution in [1.82, 2.24) is 5.32 Å². The molecule has 0 fully saturated rings. The molecule has 3 heteroatoms. The fourth-order valence-electron chi connectivity index (χ4n) is 1.19. The Bertz CT molecular complexity index is 358. The first-order chi connectivity index (χ1) is 6.22. The first-order valence-corrected chi connectivity index (χ1v) is 4.00. The summed E-state index contributed by atoms with van der Waals surface area (Å²) in [6.45, 7) is 0. The summed E-state index contributed by atoms with van der Waals surface area (Å²) in [5.41, 5.74) is -0.983. The van der Waals surface area contributed by atoms with Crippen molar-refractivity contribution in [3.63, 3.8) is 0 Å². The molecule has 2 N–H and O–H groups in total. The molecule has 2 rings (SSSR count). The number of carbonyl (C=O) groups is 1. The summed E-state index contributed by atoms with van der Waals surface area (Å²) in [6, 6.07) is 8.70. The first-order valence-electron chi connectivity index (χ1n) is 4.00. The molecule has 3 nitrogen and oxygen atoms in total. The third-order valence-corrected chi connectivity index (χ3v) is 2.01. The maximum atomic E-state index is 11.6. The molecule has 1 aliphatic rings. The molecule has 1 aromatic carbocycles. The number of benzene rings is 1. The van der Waals surface area contributed by atoms with Crippen LogP contribution in [0.25, 0.3) is 0 Å². The van der Waals surface area contributed by atoms with E-state index in [4.69, 9.17) is 0 Å². The van der Waals surface area contributed by atoms with E-state index in [1.807, 2.05) is 6.07 Å². The van der Waals surface area contributed by atoms with Gasteiger partial charge in [-0.05, 0) is 6.08 Å². The molecular formula is C10H9NO2. The molecule has 1 unspecified atom stereocenters. The van der Waals surface area contributed by atoms with E-state index in [0.29, 0.717) is 5.56 Å². The Morgan fingerprint density at radius 2 is 1.92 bits per heavy atom. The number of hydrogen-bond donors (Lipinski definition) is 2. The maximum absolute atomic E-state index is 11.6. The van der Waals surface area contributed by atoms with E-state index in [2.05, 4.69) is 5.32 Å². The van der Waals surface area contributed by atoms with Gasteiger partial charge in [-0.2, -0.15) is 0 Å². The van der Waals surface area contributed by atoms with Crippen LogP contribution in [0, 0.1) is 0 Å². The van der Waals surface area contributed by atoms with Crippen molar-refractivity contribution < 1.29 is 9.90 Å². The number of hydrogen-bond acceptors (Lipinski definition) is 3. The summed E-state index contributed by atoms with van der Waals surface area (Å²) in [6.07, 6.45) is 2.98. The van der Waals surface area contributed by atoms with Crippen molar-refractivity contribution in [2.45, 2.75) is 5.72 Å². The van der Waals surface area contributed by atoms with E-state index in [-0.39, 0.29) is 5.78 Å². The summed E-state index contributed by atoms with van der Waals surface area (Å²) in [4.78, 5) is 11.6. The Labute approximate surface area is 75.7 Å². The highest BCUT2D eigenvalue weighted by atomic mass is 16.3. The minimum Gasteiger partial charge on any atom is -0.361 e. The third kappa shape index (κ3) is 1.23. The standard InChI is InChI=1S/C10H9NO2/c12-9(10(13)6-7-11-10)8-4-2-1-3-5-8/h1-7,11,13H. The second kappa shape index (κ2) is 2.71. The van der Waals surface area contributed by atoms with Crippen molar-refractivity contribution >= 4 is 5.78 Å². The topological polar surface area (TPSA) is 49.3 Å². The van der Waals surface area contributed by atoms with Crippen molar-refractivity contribution in [2.75, 3.05) is 0 Å². The number of Topliss-reactive ketones (excluding diaryl/α,β-unsaturated/α-hetero) is 1. The molecule has 0 aliphatic carbocycles. The lowest BCUT2D eigenvalue weighted by Crippen LogP contribution is -2.53. The first kappa shape index (κ1) is 8.01. The average Bonchev–Trinajstić information content (AvgIpc) is 2.14. The Morgan fingerprint density at radius 1 is 1.31 bits per heavy atom. The number of rotatable bonds is 2. The fraction of sp³-hybridized carbons (Fsp3) is 0.100. The minimum atomic E-state index is -1.48. The molecule has 1 aromatic rings. The normalized spacial score (nSPS) is 24.7. The number of ketones is 1. The van der Waals surface area contributed by atoms with Crippen LogP contribution in [-0.2, 0) is 0 Å². The van der Waals surface area contributed by atoms with Gasteiger partial charge in [-0.15, -0.1) is 0 Å². The van der Waals surface area contributed by atoms with Gasteiger partial charge in [-0.1, -0.05) is 30.3 Å². The van der Waals surface area contributed by atoms with Gasteiger partial charge in [0, 0.05) is 11.8 Å². The predicted octanol–water partition coefficient (Wildman–Crippen LogP) is 0.675. The molecule has 0 spiro atoms. The zero-order valence-corrected chi connectivity index (χ0v) is 6.90. The van der Waals surface area contributed by atoms with Crippen LogP contribution in [0.3, 0.4) is 0 Å². The van der Waals surface area contributed by atoms with Gasteiger partial charge in [0.1, 0.15) is 0 Å². The van der Waals surface area contributed by atoms with E-state index in [9.17, 15) is 9.90 Å². The Morgan fingerprint density at radius 3 is 2.38 bits per heavy atom. The minimum absolute atomic E-state index is 0.324. The molecule has 66 valence electrons. The van der Waals surface area contributed by atoms with Crippen LogP contribution in [0.1, 0.15) is 10.4 Å². The van der Waals surface area contributed by atoms with Crippen molar-refractivity contribution in [2.24, 2.45) is 0 Å². The zero-order chi connectivity index (χ0) is 9.31. The predicted molar refractivity (Wildman–Crippen MR) is 48.0 cm³/mol. The van der Waals surface area contributed by atoms with Gasteiger partial charge < -0.3 is 10.4 Å². The van der Waals surface area contributed by atoms with E-state index >= 15 is 0 Å². The van der Waals surface area contributed by atoms with E-state index in [0.717, 1.165) is 0 Å². The van der Waals surface area contributed by atoms with Gasteiger partial charge in [0.15, 0.2) is 0 Å². The fourth-order valence-corrected chi connectivity index (χ4v) is 1.19. The highest BCUT2D eigenvalue weighted by molar-refractivity contribution is 6.04. The van der Waals surface area contributed by atoms with Crippen LogP contribution in [0.4, 0.5) is 0 Å². The van der Waals surface area contributed by atoms with Gasteiger partial charge in [-0.25, -0.2) is 0 Å². The SMILES string of the molecule is O=C(c1ccccc1)C1(O)C=CN1. The van der Waals surface area contributed by atoms with Gasteiger partial charge in [0.25, 0.3) is 0 Å². The summed E-state index contributed by atoms with van der Waals surface area (Å²) in [5.74, 6) is -0.324. The summed E-state index contributed by atoms with van der Waals surface area (Å²) in [7, 11) is 0. The highest BCUT2D eigenvalue weighted by Gasteiger charge is 2.37. The van der Waals surface area contributed by atoms with Crippen LogP contribution in [0.2, 0.25) is 0 Å². The third-order valence-electron chi connectivity index (χ3n) is 2.01. The summed E-state index contributed by atoms with van der Waals surface area (Å²) in [5, 5.41) is 12.1. The highest BCUT2D eigenvalue weighted by Crippen LogP contribution is 2.17. The van der Waals surface area contributed by atoms with Crippen molar-refractivity contribution in [1.29, 1.82) is 0 Å². The number of aliphatic hydroxyl groups is 1. The molecule has 1 heterocycles. The van der Waals surface area contributed by atoms with Crippen LogP contribution < -0.4 is 5.32 Å². The van der Waals surface area contributed by atoms with E-state index in [1.165, 1.54) is 6.08 Å². The van der Waals surface area contributed by atoms with Gasteiger partial charge in [-0.3, -0.25) is 4.79 Å². The molecule has 0 aromatic heterocycles. The quantitative estimate of drug-likeness (QED) is 0.650. The average molecular weight is 175 g/mol. The number of nitrogens with one attached hydrogen (secondary N) is 1. The summed E-state index contributed by atoms with van der Waals surface area (Å²) < 4.78 is 0. The second-order valence-electron chi connectivity index (χ2n) is 2.94. The smallest absolute Gasteiger partial charge is 0.221 e. The van der Waals surface area contributed by atoms with Crippen molar-refractivity contribution in [3.8, 4) is 0 Å². The van der Waals surface area contributed by atoms with Crippen LogP contribution in [0.5, 0.6) is 0 Å². The number of carbonyl (C=O) groups excluding carboxylic acids is 1. The van der Waals surface area contributed by atoms with Crippen molar-refractivity contribution in [3.05, 3.63) is 48.2 Å². The molecule has 0 saturated carbocycles. The van der Waals surface area contributed by atoms with Gasteiger partial charge in [0.05, 0.1) is 0 Å². The maximum Gasteiger partial charge on any atom is 0.221 e. The molecular weight excluding hydrogens is 166 g/mol. The van der Waals surface area contributed by atoms with Gasteiger partial charge in [0.2, 0.25) is 11.5 Å². The molecule has 1 aliphatic heterocycles. The van der Waals surface area contributed by atoms with Crippen LogP contribution in [0.15, 0.2) is 42.6 Å². The van der Waals surface area contributed by atoms with Gasteiger partial charge >= 0.3 is 0 Å². The zero-order valence-electron chi connectivity index (χ0n) is 6.90. The molecule has 0 bridgehead atoms. The molecule has 0 radical (unpaired) electrons. The summed E-state index contributed by atoms with van der Waals surface area (Å²) >= 11 is 0. The lowest BCUT2D eigenvalue weighted by Gasteiger charge is -2.29. The van der Waals surface area contributed by atoms with Crippen LogP contribution in [-0.4, -0.2) is 16.6 Å². The van der Waals surface area contributed by atoms with E-state index < -0.39 is 5.72 Å². The Hall–Kier alpha value is -1.61. The molecule has 0 amide bonds. The van der Waals surface area contributed by atoms with E-state index in [1.54, 1.807) is 30.5 Å². The second-order valence-corrected chi connectivity index (χ2v) is 2.94. The van der Waals surface area contributed by atoms with Crippen LogP contribution >= 0.6 is 0 Å².